The summed E-state index contributed by atoms with van der Waals surface area (Å²) >= 11 is 0. The molecule has 2 heterocycles. The Balaban J connectivity index is 2.19. The topological polar surface area (TPSA) is 109 Å². The summed E-state index contributed by atoms with van der Waals surface area (Å²) in [6.07, 6.45) is 1.58. The number of aryl methyl sites for hydroxylation is 1. The number of rotatable bonds is 4. The highest BCUT2D eigenvalue weighted by Gasteiger charge is 2.23. The molecular formula is C12H15N5O3. The minimum atomic E-state index is -0.974. The number of carbonyl (C=O) groups is 2. The van der Waals surface area contributed by atoms with Crippen LogP contribution in [0.5, 0.6) is 0 Å². The van der Waals surface area contributed by atoms with Gasteiger partial charge in [-0.05, 0) is 26.8 Å². The van der Waals surface area contributed by atoms with Gasteiger partial charge in [-0.1, -0.05) is 0 Å². The Labute approximate surface area is 114 Å². The first-order chi connectivity index (χ1) is 9.40. The van der Waals surface area contributed by atoms with Crippen molar-refractivity contribution in [3.05, 3.63) is 23.8 Å². The molecule has 0 spiro atoms. The summed E-state index contributed by atoms with van der Waals surface area (Å²) in [7, 11) is 0. The van der Waals surface area contributed by atoms with E-state index in [-0.39, 0.29) is 5.82 Å². The number of nitrogens with one attached hydrogen (secondary N) is 1. The normalized spacial score (nSPS) is 13.9. The summed E-state index contributed by atoms with van der Waals surface area (Å²) in [5.41, 5.74) is 0.800. The number of nitrogens with zero attached hydrogens (tertiary/aromatic N) is 4. The summed E-state index contributed by atoms with van der Waals surface area (Å²) in [5.74, 6) is -1.89. The van der Waals surface area contributed by atoms with Gasteiger partial charge in [0, 0.05) is 17.9 Å². The molecule has 0 aliphatic rings. The van der Waals surface area contributed by atoms with E-state index in [1.165, 1.54) is 11.4 Å². The standard InChI is InChI=1S/C12H15N5O3/c1-6-4-5-13-12-15-9(16-17(6)12)10(18)14-8(3)7(2)11(19)20/h4-5,7-8H,1-3H3,(H,14,18)(H,19,20). The molecular weight excluding hydrogens is 262 g/mol. The van der Waals surface area contributed by atoms with Crippen LogP contribution in [0.25, 0.3) is 5.78 Å². The fourth-order valence-electron chi connectivity index (χ4n) is 1.61. The number of carboxylic acids is 1. The van der Waals surface area contributed by atoms with E-state index >= 15 is 0 Å². The van der Waals surface area contributed by atoms with Crippen molar-refractivity contribution < 1.29 is 14.7 Å². The van der Waals surface area contributed by atoms with Crippen molar-refractivity contribution in [1.29, 1.82) is 0 Å². The largest absolute Gasteiger partial charge is 0.481 e. The number of aliphatic carboxylic acids is 1. The lowest BCUT2D eigenvalue weighted by Gasteiger charge is -2.16. The zero-order valence-corrected chi connectivity index (χ0v) is 11.4. The summed E-state index contributed by atoms with van der Waals surface area (Å²) in [6.45, 7) is 4.96. The van der Waals surface area contributed by atoms with Crippen molar-refractivity contribution in [2.24, 2.45) is 5.92 Å². The zero-order valence-electron chi connectivity index (χ0n) is 11.4. The Morgan fingerprint density at radius 3 is 2.70 bits per heavy atom. The molecule has 2 aromatic rings. The molecule has 0 bridgehead atoms. The number of hydrogen-bond acceptors (Lipinski definition) is 5. The number of amides is 1. The number of aromatic nitrogens is 4. The van der Waals surface area contributed by atoms with E-state index in [0.29, 0.717) is 5.78 Å². The van der Waals surface area contributed by atoms with Crippen LogP contribution in [0.2, 0.25) is 0 Å². The molecule has 1 amide bonds. The van der Waals surface area contributed by atoms with Crippen LogP contribution in [0.4, 0.5) is 0 Å². The number of hydrogen-bond donors (Lipinski definition) is 2. The maximum Gasteiger partial charge on any atom is 0.308 e. The molecule has 2 atom stereocenters. The molecule has 0 saturated heterocycles. The first-order valence-corrected chi connectivity index (χ1v) is 6.12. The maximum absolute atomic E-state index is 12.0. The molecule has 0 aliphatic carbocycles. The van der Waals surface area contributed by atoms with Gasteiger partial charge in [0.05, 0.1) is 5.92 Å². The molecule has 2 rings (SSSR count). The Bertz CT molecular complexity index is 666. The third-order valence-corrected chi connectivity index (χ3v) is 3.13. The predicted octanol–water partition coefficient (Wildman–Crippen LogP) is 0.272. The maximum atomic E-state index is 12.0. The zero-order chi connectivity index (χ0) is 14.9. The van der Waals surface area contributed by atoms with E-state index in [1.807, 2.05) is 6.92 Å². The third-order valence-electron chi connectivity index (χ3n) is 3.13. The van der Waals surface area contributed by atoms with Crippen LogP contribution in [0.3, 0.4) is 0 Å². The van der Waals surface area contributed by atoms with Gasteiger partial charge in [0.15, 0.2) is 0 Å². The first-order valence-electron chi connectivity index (χ1n) is 6.12. The SMILES string of the molecule is Cc1ccnc2nc(C(=O)NC(C)C(C)C(=O)O)nn12. The van der Waals surface area contributed by atoms with Gasteiger partial charge < -0.3 is 10.4 Å². The van der Waals surface area contributed by atoms with Crippen LogP contribution in [0.1, 0.15) is 30.2 Å². The second-order valence-electron chi connectivity index (χ2n) is 4.62. The molecule has 0 saturated carbocycles. The smallest absolute Gasteiger partial charge is 0.308 e. The Kier molecular flexibility index (Phi) is 3.64. The molecule has 8 heteroatoms. The lowest BCUT2D eigenvalue weighted by molar-refractivity contribution is -0.141. The van der Waals surface area contributed by atoms with E-state index in [0.717, 1.165) is 5.69 Å². The summed E-state index contributed by atoms with van der Waals surface area (Å²) in [6, 6.07) is 1.22. The average molecular weight is 277 g/mol. The molecule has 2 aromatic heterocycles. The Morgan fingerprint density at radius 2 is 2.10 bits per heavy atom. The van der Waals surface area contributed by atoms with E-state index in [1.54, 1.807) is 19.2 Å². The van der Waals surface area contributed by atoms with Gasteiger partial charge >= 0.3 is 5.97 Å². The molecule has 0 fully saturated rings. The Hall–Kier alpha value is -2.51. The van der Waals surface area contributed by atoms with Gasteiger partial charge in [0.2, 0.25) is 5.82 Å². The second-order valence-corrected chi connectivity index (χ2v) is 4.62. The summed E-state index contributed by atoms with van der Waals surface area (Å²) < 4.78 is 1.46. The van der Waals surface area contributed by atoms with Crippen LogP contribution < -0.4 is 5.32 Å². The van der Waals surface area contributed by atoms with Crippen LogP contribution in [-0.2, 0) is 4.79 Å². The molecule has 8 nitrogen and oxygen atoms in total. The highest BCUT2D eigenvalue weighted by Crippen LogP contribution is 2.05. The van der Waals surface area contributed by atoms with E-state index in [2.05, 4.69) is 20.4 Å². The van der Waals surface area contributed by atoms with Gasteiger partial charge in [-0.15, -0.1) is 5.10 Å². The van der Waals surface area contributed by atoms with Crippen molar-refractivity contribution >= 4 is 17.7 Å². The third kappa shape index (κ3) is 2.58. The fraction of sp³-hybridized carbons (Fsp3) is 0.417. The first kappa shape index (κ1) is 13.9. The predicted molar refractivity (Wildman–Crippen MR) is 69.2 cm³/mol. The highest BCUT2D eigenvalue weighted by molar-refractivity contribution is 5.91. The minimum Gasteiger partial charge on any atom is -0.481 e. The van der Waals surface area contributed by atoms with Crippen LogP contribution in [-0.4, -0.2) is 42.6 Å². The molecule has 0 radical (unpaired) electrons. The highest BCUT2D eigenvalue weighted by atomic mass is 16.4. The molecule has 0 aromatic carbocycles. The van der Waals surface area contributed by atoms with E-state index in [4.69, 9.17) is 5.11 Å². The molecule has 20 heavy (non-hydrogen) atoms. The van der Waals surface area contributed by atoms with Gasteiger partial charge in [-0.25, -0.2) is 9.50 Å². The number of carboxylic acid groups (broad SMARTS) is 1. The van der Waals surface area contributed by atoms with Gasteiger partial charge in [0.25, 0.3) is 11.7 Å². The lowest BCUT2D eigenvalue weighted by atomic mass is 10.0. The van der Waals surface area contributed by atoms with E-state index in [9.17, 15) is 9.59 Å². The van der Waals surface area contributed by atoms with E-state index < -0.39 is 23.8 Å². The van der Waals surface area contributed by atoms with Crippen molar-refractivity contribution in [2.45, 2.75) is 26.8 Å². The van der Waals surface area contributed by atoms with Gasteiger partial charge in [0.1, 0.15) is 0 Å². The average Bonchev–Trinajstić information content (AvgIpc) is 2.83. The van der Waals surface area contributed by atoms with Crippen LogP contribution in [0, 0.1) is 12.8 Å². The molecule has 106 valence electrons. The van der Waals surface area contributed by atoms with Crippen molar-refractivity contribution in [3.8, 4) is 0 Å². The monoisotopic (exact) mass is 277 g/mol. The lowest BCUT2D eigenvalue weighted by Crippen LogP contribution is -2.40. The van der Waals surface area contributed by atoms with Crippen molar-refractivity contribution in [1.82, 2.24) is 24.9 Å². The molecule has 0 aliphatic heterocycles. The minimum absolute atomic E-state index is 0.0313. The quantitative estimate of drug-likeness (QED) is 0.830. The Morgan fingerprint density at radius 1 is 1.40 bits per heavy atom. The van der Waals surface area contributed by atoms with Crippen molar-refractivity contribution in [3.63, 3.8) is 0 Å². The number of carbonyl (C=O) groups excluding carboxylic acids is 1. The summed E-state index contributed by atoms with van der Waals surface area (Å²) in [5, 5.41) is 15.5. The van der Waals surface area contributed by atoms with Crippen LogP contribution >= 0.6 is 0 Å². The van der Waals surface area contributed by atoms with Crippen LogP contribution in [0.15, 0.2) is 12.3 Å². The van der Waals surface area contributed by atoms with Gasteiger partial charge in [-0.3, -0.25) is 9.59 Å². The molecule has 2 N–H and O–H groups in total. The van der Waals surface area contributed by atoms with Crippen molar-refractivity contribution in [2.75, 3.05) is 0 Å². The molecule has 2 unspecified atom stereocenters. The summed E-state index contributed by atoms with van der Waals surface area (Å²) in [4.78, 5) is 30.9. The van der Waals surface area contributed by atoms with Gasteiger partial charge in [-0.2, -0.15) is 4.98 Å². The number of fused-ring (bicyclic) bond motifs is 1. The fourth-order valence-corrected chi connectivity index (χ4v) is 1.61. The second kappa shape index (κ2) is 5.24.